The van der Waals surface area contributed by atoms with Gasteiger partial charge in [-0.1, -0.05) is 24.3 Å². The van der Waals surface area contributed by atoms with Crippen LogP contribution in [0.2, 0.25) is 0 Å². The van der Waals surface area contributed by atoms with Gasteiger partial charge in [0.25, 0.3) is 0 Å². The van der Waals surface area contributed by atoms with Crippen LogP contribution in [0.25, 0.3) is 0 Å². The van der Waals surface area contributed by atoms with E-state index in [1.807, 2.05) is 24.3 Å². The van der Waals surface area contributed by atoms with E-state index in [0.717, 1.165) is 25.8 Å². The lowest BCUT2D eigenvalue weighted by atomic mass is 9.84. The largest absolute Gasteiger partial charge is 0.463 e. The van der Waals surface area contributed by atoms with E-state index in [-0.39, 0.29) is 23.3 Å². The monoisotopic (exact) mass is 519 g/mol. The van der Waals surface area contributed by atoms with Gasteiger partial charge >= 0.3 is 17.9 Å². The van der Waals surface area contributed by atoms with Gasteiger partial charge in [0, 0.05) is 39.5 Å². The number of amides is 1. The van der Waals surface area contributed by atoms with E-state index in [2.05, 4.69) is 5.18 Å². The number of fused-ring (bicyclic) bond motifs is 1. The molecule has 1 fully saturated rings. The number of carbonyl (C=O) groups excluding carboxylic acids is 4. The van der Waals surface area contributed by atoms with Crippen molar-refractivity contribution >= 4 is 23.8 Å². The summed E-state index contributed by atoms with van der Waals surface area (Å²) in [7, 11) is 0. The minimum atomic E-state index is -1.46. The minimum absolute atomic E-state index is 0.0161. The molecule has 0 aromatic rings. The number of hydrogen-bond donors (Lipinski definition) is 1. The summed E-state index contributed by atoms with van der Waals surface area (Å²) in [5.41, 5.74) is -0.0161. The van der Waals surface area contributed by atoms with Crippen molar-refractivity contribution in [1.29, 1.82) is 0 Å². The quantitative estimate of drug-likeness (QED) is 0.122. The normalized spacial score (nSPS) is 30.1. The first kappa shape index (κ1) is 27.7. The number of ether oxygens (including phenoxy) is 5. The van der Waals surface area contributed by atoms with Crippen molar-refractivity contribution in [3.05, 3.63) is 52.8 Å². The molecule has 0 aromatic carbocycles. The van der Waals surface area contributed by atoms with E-state index in [9.17, 15) is 24.1 Å². The Kier molecular flexibility index (Phi) is 8.95. The van der Waals surface area contributed by atoms with E-state index in [4.69, 9.17) is 29.5 Å². The number of nitrogens with zero attached hydrogens (tertiary/aromatic N) is 2. The second kappa shape index (κ2) is 11.9. The number of esters is 3. The van der Waals surface area contributed by atoms with Crippen LogP contribution in [-0.2, 0) is 42.9 Å². The molecule has 2 N–H and O–H groups in total. The zero-order valence-electron chi connectivity index (χ0n) is 20.8. The molecule has 200 valence electrons. The third kappa shape index (κ3) is 6.68. The first-order chi connectivity index (χ1) is 17.5. The fraction of sp³-hybridized carbons (Fsp3) is 0.500. The molecule has 1 amide bonds. The number of rotatable bonds is 8. The molecule has 0 radical (unpaired) electrons. The van der Waals surface area contributed by atoms with Gasteiger partial charge in [-0.15, -0.1) is 4.91 Å². The Morgan fingerprint density at radius 3 is 2.08 bits per heavy atom. The maximum absolute atomic E-state index is 12.3. The zero-order valence-corrected chi connectivity index (χ0v) is 20.8. The first-order valence-electron chi connectivity index (χ1n) is 11.5. The van der Waals surface area contributed by atoms with Crippen LogP contribution < -0.4 is 5.84 Å². The van der Waals surface area contributed by atoms with Gasteiger partial charge < -0.3 is 23.7 Å². The highest BCUT2D eigenvalue weighted by Gasteiger charge is 2.54. The number of carbonyl (C=O) groups is 4. The van der Waals surface area contributed by atoms with Crippen LogP contribution in [0.15, 0.2) is 53.1 Å². The molecule has 0 aromatic heterocycles. The standard InChI is InChI=1S/C24H29N3O10/c1-12(28)27(25)21-23(35-15(4)31)22(34-14(3)30)20(11-33-13(2)29)37-24(21)36-19-10-17-8-6-5-7-16(17)9-18(19)26-32/h5-10,16-17,20-24H,11,25H2,1-4H3. The van der Waals surface area contributed by atoms with Crippen LogP contribution in [0, 0.1) is 16.7 Å². The van der Waals surface area contributed by atoms with E-state index in [0.29, 0.717) is 0 Å². The first-order valence-corrected chi connectivity index (χ1v) is 11.5. The summed E-state index contributed by atoms with van der Waals surface area (Å²) >= 11 is 0. The molecule has 7 atom stereocenters. The van der Waals surface area contributed by atoms with Crippen LogP contribution >= 0.6 is 0 Å². The van der Waals surface area contributed by atoms with Gasteiger partial charge in [0.05, 0.1) is 0 Å². The van der Waals surface area contributed by atoms with Crippen molar-refractivity contribution in [3.63, 3.8) is 0 Å². The molecule has 13 nitrogen and oxygen atoms in total. The third-order valence-electron chi connectivity index (χ3n) is 5.86. The van der Waals surface area contributed by atoms with Gasteiger partial charge in [0.2, 0.25) is 12.2 Å². The Morgan fingerprint density at radius 2 is 1.54 bits per heavy atom. The van der Waals surface area contributed by atoms with Crippen LogP contribution in [0.3, 0.4) is 0 Å². The lowest BCUT2D eigenvalue weighted by Gasteiger charge is -2.47. The molecule has 37 heavy (non-hydrogen) atoms. The van der Waals surface area contributed by atoms with Crippen molar-refractivity contribution in [2.24, 2.45) is 22.9 Å². The minimum Gasteiger partial charge on any atom is -0.463 e. The van der Waals surface area contributed by atoms with Crippen molar-refractivity contribution in [3.8, 4) is 0 Å². The molecule has 2 aliphatic carbocycles. The smallest absolute Gasteiger partial charge is 0.303 e. The summed E-state index contributed by atoms with van der Waals surface area (Å²) in [6, 6.07) is -1.34. The number of allylic oxidation sites excluding steroid dienone is 6. The summed E-state index contributed by atoms with van der Waals surface area (Å²) in [5.74, 6) is 3.01. The van der Waals surface area contributed by atoms with Gasteiger partial charge in [0.1, 0.15) is 24.2 Å². The fourth-order valence-electron chi connectivity index (χ4n) is 4.28. The predicted octanol–water partition coefficient (Wildman–Crippen LogP) is 1.15. The van der Waals surface area contributed by atoms with E-state index < -0.39 is 61.1 Å². The molecule has 3 rings (SSSR count). The van der Waals surface area contributed by atoms with Crippen LogP contribution in [0.1, 0.15) is 27.7 Å². The lowest BCUT2D eigenvalue weighted by molar-refractivity contribution is -0.282. The van der Waals surface area contributed by atoms with Crippen LogP contribution in [0.4, 0.5) is 0 Å². The highest BCUT2D eigenvalue weighted by molar-refractivity contribution is 5.73. The Bertz CT molecular complexity index is 1060. The molecular weight excluding hydrogens is 490 g/mol. The SMILES string of the molecule is CC(=O)OCC1OC(OC2=CC3C=CC=CC3C=C2N=O)C(N(N)C(C)=O)C(OC(C)=O)C1OC(C)=O. The molecule has 13 heteroatoms. The van der Waals surface area contributed by atoms with Gasteiger partial charge in [-0.2, -0.15) is 0 Å². The molecule has 3 aliphatic rings. The second-order valence-corrected chi connectivity index (χ2v) is 8.63. The molecule has 7 unspecified atom stereocenters. The molecular formula is C24H29N3O10. The second-order valence-electron chi connectivity index (χ2n) is 8.63. The topological polar surface area (TPSA) is 173 Å². The summed E-state index contributed by atoms with van der Waals surface area (Å²) < 4.78 is 27.9. The van der Waals surface area contributed by atoms with Gasteiger partial charge in [-0.25, -0.2) is 5.84 Å². The number of nitrogens with two attached hydrogens (primary N) is 1. The fourth-order valence-corrected chi connectivity index (χ4v) is 4.28. The van der Waals surface area contributed by atoms with Gasteiger partial charge in [-0.3, -0.25) is 24.2 Å². The van der Waals surface area contributed by atoms with E-state index in [1.165, 1.54) is 6.92 Å². The molecule has 0 spiro atoms. The predicted molar refractivity (Wildman–Crippen MR) is 125 cm³/mol. The highest BCUT2D eigenvalue weighted by atomic mass is 16.7. The van der Waals surface area contributed by atoms with E-state index in [1.54, 1.807) is 12.2 Å². The Morgan fingerprint density at radius 1 is 0.946 bits per heavy atom. The lowest BCUT2D eigenvalue weighted by Crippen LogP contribution is -2.68. The van der Waals surface area contributed by atoms with Gasteiger partial charge in [-0.05, 0) is 17.3 Å². The number of nitroso groups, excluding NO2 is 1. The summed E-state index contributed by atoms with van der Waals surface area (Å²) in [4.78, 5) is 59.4. The third-order valence-corrected chi connectivity index (χ3v) is 5.86. The number of hydrogen-bond acceptors (Lipinski definition) is 12. The Balaban J connectivity index is 2.04. The van der Waals surface area contributed by atoms with E-state index >= 15 is 0 Å². The maximum Gasteiger partial charge on any atom is 0.303 e. The molecule has 1 heterocycles. The summed E-state index contributed by atoms with van der Waals surface area (Å²) in [6.07, 6.45) is 5.41. The molecule has 1 aliphatic heterocycles. The average Bonchev–Trinajstić information content (AvgIpc) is 2.83. The van der Waals surface area contributed by atoms with Crippen LogP contribution in [0.5, 0.6) is 0 Å². The summed E-state index contributed by atoms with van der Waals surface area (Å²) in [5, 5.41) is 3.79. The zero-order chi connectivity index (χ0) is 27.3. The Hall–Kier alpha value is -3.84. The Labute approximate surface area is 212 Å². The van der Waals surface area contributed by atoms with Crippen LogP contribution in [-0.4, -0.2) is 66.1 Å². The van der Waals surface area contributed by atoms with Crippen molar-refractivity contribution in [2.75, 3.05) is 6.61 Å². The maximum atomic E-state index is 12.3. The molecule has 1 saturated heterocycles. The molecule has 0 bridgehead atoms. The van der Waals surface area contributed by atoms with Crippen molar-refractivity contribution < 1.29 is 42.9 Å². The number of hydrazine groups is 1. The van der Waals surface area contributed by atoms with Crippen molar-refractivity contribution in [2.45, 2.75) is 58.3 Å². The molecule has 0 saturated carbocycles. The highest BCUT2D eigenvalue weighted by Crippen LogP contribution is 2.36. The summed E-state index contributed by atoms with van der Waals surface area (Å²) in [6.45, 7) is 4.17. The van der Waals surface area contributed by atoms with Gasteiger partial charge in [0.15, 0.2) is 18.2 Å². The van der Waals surface area contributed by atoms with Crippen molar-refractivity contribution in [1.82, 2.24) is 5.01 Å². The average molecular weight is 520 g/mol.